The van der Waals surface area contributed by atoms with Crippen molar-refractivity contribution < 1.29 is 150 Å². The first-order valence-electron chi connectivity index (χ1n) is 29.1. The van der Waals surface area contributed by atoms with Crippen LogP contribution in [0.1, 0.15) is 58.4 Å². The third-order valence-electron chi connectivity index (χ3n) is 15.2. The molecule has 38 heteroatoms. The van der Waals surface area contributed by atoms with Crippen molar-refractivity contribution in [3.63, 3.8) is 0 Å². The van der Waals surface area contributed by atoms with Crippen molar-refractivity contribution >= 4 is 89.6 Å². The second-order valence-corrected chi connectivity index (χ2v) is 24.2. The van der Waals surface area contributed by atoms with E-state index in [2.05, 4.69) is 28.4 Å². The first-order valence-corrected chi connectivity index (χ1v) is 47.8. The van der Waals surface area contributed by atoms with Crippen LogP contribution in [0.5, 0.6) is 34.5 Å². The second kappa shape index (κ2) is 34.8. The Hall–Kier alpha value is -7.25. The molecule has 0 saturated heterocycles. The number of benzene rings is 8. The van der Waals surface area contributed by atoms with E-state index in [9.17, 15) is 113 Å². The SMILES string of the molecule is CC(c1ccc(OC(F)=C(F)F)cc1)(c1ccc(OC(F)=C(F)F)cc1)c1ccc(C(F)(F)C(=O)F)cc1.Cc1ccc(C(C)(c2ccc(OC(F)=C(F)F)cc2)c2ccc(OC3(F)C(F)(F)C(F)(F)C3(F)Oc3ccc(S(=O)(=O)F)cc3)cc2)cc1.O=S(=O)(F)c1ccc(OC(F)=C(F)F)cc1.[K][K]. The molecule has 105 heavy (non-hydrogen) atoms. The Kier molecular flexibility index (Phi) is 28.7. The van der Waals surface area contributed by atoms with Crippen LogP contribution < -0.4 is 28.4 Å². The fourth-order valence-electron chi connectivity index (χ4n) is 9.68. The maximum absolute atomic E-state index is 15.8. The standard InChI is InChI=1S/C33H22F10O5S.C26H15F9O3.C8H4F4O3S.2K/c1-19-3-5-20(6-4-19)29(2,21-7-11-23(12-8-21)46-28(36)27(34)35)22-9-13-24(14-10-22)47-32(41)30(37,38)31(39,40)33(32,42)48-25-15-17-26(18-16-25)49(43,44)45;1-25(14-2-4-17(5-3-14)26(34,35)24(33)36,15-6-10-18(11-7-15)37-22(31)20(27)28)16-8-12-19(13-9-16)38-23(32)21(29)30;9-7(10)8(11)15-5-1-3-6(4-2-5)16(12,13)14;;/h3-18H,1-2H3;2-13H,1H3;1-4H;;. The number of alkyl halides is 8. The molecular formula is C67H41F23K2O11S2. The van der Waals surface area contributed by atoms with E-state index in [1.165, 1.54) is 136 Å². The third kappa shape index (κ3) is 19.6. The molecule has 1 saturated carbocycles. The Morgan fingerprint density at radius 1 is 0.333 bits per heavy atom. The summed E-state index contributed by atoms with van der Waals surface area (Å²) in [6.07, 6.45) is -10.7. The first kappa shape index (κ1) is 86.7. The number of aryl methyl sites for hydroxylation is 1. The second-order valence-electron chi connectivity index (χ2n) is 21.5. The van der Waals surface area contributed by atoms with Crippen LogP contribution in [0.25, 0.3) is 0 Å². The van der Waals surface area contributed by atoms with Crippen LogP contribution in [0.2, 0.25) is 0 Å². The van der Waals surface area contributed by atoms with Crippen LogP contribution in [-0.4, -0.2) is 110 Å². The normalized spacial score (nSPS) is 16.3. The van der Waals surface area contributed by atoms with Gasteiger partial charge in [-0.05, 0) is 151 Å². The Morgan fingerprint density at radius 3 is 0.743 bits per heavy atom. The molecule has 9 rings (SSSR count). The van der Waals surface area contributed by atoms with Crippen molar-refractivity contribution in [3.8, 4) is 34.5 Å². The molecule has 1 aliphatic rings. The average Bonchev–Trinajstić information content (AvgIpc) is 0.654. The minimum atomic E-state index is -5.80. The van der Waals surface area contributed by atoms with Crippen LogP contribution in [0.15, 0.2) is 252 Å². The van der Waals surface area contributed by atoms with E-state index in [1.807, 2.05) is 6.92 Å². The summed E-state index contributed by atoms with van der Waals surface area (Å²) in [6.45, 7) is 5.11. The minimum absolute atomic E-state index is 0.268. The number of halogens is 23. The van der Waals surface area contributed by atoms with Crippen molar-refractivity contribution in [1.29, 1.82) is 0 Å². The van der Waals surface area contributed by atoms with E-state index in [4.69, 9.17) is 0 Å². The van der Waals surface area contributed by atoms with Crippen LogP contribution in [-0.2, 0) is 42.0 Å². The van der Waals surface area contributed by atoms with Gasteiger partial charge in [0.05, 0.1) is 9.79 Å². The zero-order valence-electron chi connectivity index (χ0n) is 53.5. The van der Waals surface area contributed by atoms with Gasteiger partial charge < -0.3 is 28.4 Å². The molecule has 1 fully saturated rings. The molecule has 8 aromatic carbocycles. The van der Waals surface area contributed by atoms with E-state index >= 15 is 8.78 Å². The predicted octanol–water partition coefficient (Wildman–Crippen LogP) is 19.9. The van der Waals surface area contributed by atoms with Gasteiger partial charge in [-0.25, -0.2) is 0 Å². The summed E-state index contributed by atoms with van der Waals surface area (Å²) in [5.41, 5.74) is 0.0666. The van der Waals surface area contributed by atoms with Crippen LogP contribution in [0.4, 0.5) is 100.0 Å². The number of carbonyl (C=O) groups is 1. The summed E-state index contributed by atoms with van der Waals surface area (Å²) in [4.78, 5) is 9.02. The van der Waals surface area contributed by atoms with Crippen molar-refractivity contribution in [2.45, 2.75) is 70.9 Å². The Morgan fingerprint density at radius 2 is 0.524 bits per heavy atom. The molecule has 550 valence electrons. The van der Waals surface area contributed by atoms with Gasteiger partial charge in [0.2, 0.25) is 0 Å². The molecule has 0 bridgehead atoms. The van der Waals surface area contributed by atoms with E-state index in [-0.39, 0.29) is 23.0 Å². The van der Waals surface area contributed by atoms with Gasteiger partial charge in [0.25, 0.3) is 0 Å². The predicted molar refractivity (Wildman–Crippen MR) is 328 cm³/mol. The number of carbonyl (C=O) groups excluding carboxylic acids is 1. The zero-order chi connectivity index (χ0) is 78.8. The number of rotatable bonds is 22. The number of hydrogen-bond acceptors (Lipinski definition) is 11. The van der Waals surface area contributed by atoms with E-state index < -0.39 is 142 Å². The van der Waals surface area contributed by atoms with E-state index in [0.717, 1.165) is 78.4 Å². The Balaban J connectivity index is 0.000000272. The van der Waals surface area contributed by atoms with Crippen molar-refractivity contribution in [1.82, 2.24) is 0 Å². The molecule has 0 radical (unpaired) electrons. The molecule has 3 atom stereocenters. The molecular weight excluding hydrogens is 1560 g/mol. The van der Waals surface area contributed by atoms with Crippen LogP contribution in [0.3, 0.4) is 0 Å². The van der Waals surface area contributed by atoms with E-state index in [0.29, 0.717) is 57.6 Å². The number of hydrogen-bond donors (Lipinski definition) is 0. The van der Waals surface area contributed by atoms with Gasteiger partial charge in [-0.15, -0.1) is 7.77 Å². The first-order chi connectivity index (χ1) is 48.7. The summed E-state index contributed by atoms with van der Waals surface area (Å²) in [5, 5.41) is 0. The molecule has 3 unspecified atom stereocenters. The van der Waals surface area contributed by atoms with E-state index in [1.54, 1.807) is 38.1 Å². The fourth-order valence-corrected chi connectivity index (χ4v) is 10.6. The van der Waals surface area contributed by atoms with Crippen molar-refractivity contribution in [2.24, 2.45) is 0 Å². The monoisotopic (exact) mass is 1600 g/mol. The summed E-state index contributed by atoms with van der Waals surface area (Å²) in [5.74, 6) is -29.4. The van der Waals surface area contributed by atoms with Gasteiger partial charge >= 0.3 is 167 Å². The maximum atomic E-state index is 15.8. The van der Waals surface area contributed by atoms with Crippen molar-refractivity contribution in [3.05, 3.63) is 287 Å². The summed E-state index contributed by atoms with van der Waals surface area (Å²) in [7, 11) is -10.2. The van der Waals surface area contributed by atoms with Crippen LogP contribution >= 0.6 is 0 Å². The van der Waals surface area contributed by atoms with Crippen molar-refractivity contribution in [2.75, 3.05) is 0 Å². The molecule has 1 aliphatic carbocycles. The molecule has 0 amide bonds. The molecule has 8 aromatic rings. The van der Waals surface area contributed by atoms with Gasteiger partial charge in [-0.2, -0.15) is 109 Å². The third-order valence-corrected chi connectivity index (χ3v) is 16.9. The molecule has 0 aliphatic heterocycles. The van der Waals surface area contributed by atoms with Gasteiger partial charge in [0.1, 0.15) is 34.5 Å². The fraction of sp³-hybridized carbons (Fsp3) is 0.149. The van der Waals surface area contributed by atoms with Gasteiger partial charge in [0, 0.05) is 16.4 Å². The quantitative estimate of drug-likeness (QED) is 0.0210. The molecule has 0 aromatic heterocycles. The Labute approximate surface area is 625 Å². The molecule has 0 N–H and O–H groups in total. The molecule has 0 heterocycles. The Bertz CT molecular complexity index is 4670. The van der Waals surface area contributed by atoms with Gasteiger partial charge in [-0.3, -0.25) is 4.79 Å². The summed E-state index contributed by atoms with van der Waals surface area (Å²) in [6, 6.07) is 24.4. The van der Waals surface area contributed by atoms with Gasteiger partial charge in [-0.1, -0.05) is 103 Å². The van der Waals surface area contributed by atoms with Crippen LogP contribution in [0, 0.1) is 6.92 Å². The van der Waals surface area contributed by atoms with Gasteiger partial charge in [0.15, 0.2) is 0 Å². The topological polar surface area (TPSA) is 141 Å². The molecule has 11 nitrogen and oxygen atoms in total. The summed E-state index contributed by atoms with van der Waals surface area (Å²) < 4.78 is 374. The number of ether oxygens (including phenoxy) is 6. The molecule has 0 spiro atoms. The zero-order valence-corrected chi connectivity index (χ0v) is 61.4. The average molecular weight is 1600 g/mol. The summed E-state index contributed by atoms with van der Waals surface area (Å²) >= 11 is 2.50.